The van der Waals surface area contributed by atoms with Gasteiger partial charge in [0.15, 0.2) is 11.6 Å². The van der Waals surface area contributed by atoms with E-state index in [4.69, 9.17) is 9.84 Å². The summed E-state index contributed by atoms with van der Waals surface area (Å²) in [6.45, 7) is 0.274. The molecule has 1 aliphatic carbocycles. The molecule has 2 aromatic carbocycles. The number of aryl methyl sites for hydroxylation is 2. The molecule has 0 aromatic heterocycles. The first kappa shape index (κ1) is 13.6. The number of carbonyl (C=O) groups is 1. The zero-order chi connectivity index (χ0) is 14.8. The molecule has 0 aliphatic heterocycles. The third kappa shape index (κ3) is 2.89. The van der Waals surface area contributed by atoms with E-state index < -0.39 is 11.8 Å². The Labute approximate surface area is 122 Å². The first-order valence-electron chi connectivity index (χ1n) is 6.90. The van der Waals surface area contributed by atoms with Gasteiger partial charge in [0.25, 0.3) is 0 Å². The Morgan fingerprint density at radius 3 is 2.71 bits per heavy atom. The maximum Gasteiger partial charge on any atom is 0.335 e. The average molecular weight is 286 g/mol. The van der Waals surface area contributed by atoms with Gasteiger partial charge in [0, 0.05) is 0 Å². The van der Waals surface area contributed by atoms with Crippen molar-refractivity contribution in [1.29, 1.82) is 0 Å². The Morgan fingerprint density at radius 1 is 1.14 bits per heavy atom. The maximum atomic E-state index is 13.7. The van der Waals surface area contributed by atoms with Gasteiger partial charge < -0.3 is 9.84 Å². The first-order valence-corrected chi connectivity index (χ1v) is 6.90. The molecular formula is C17H15FO3. The number of carboxylic acid groups (broad SMARTS) is 1. The largest absolute Gasteiger partial charge is 0.486 e. The van der Waals surface area contributed by atoms with Crippen LogP contribution < -0.4 is 4.74 Å². The van der Waals surface area contributed by atoms with Crippen LogP contribution >= 0.6 is 0 Å². The van der Waals surface area contributed by atoms with E-state index in [1.165, 1.54) is 29.7 Å². The summed E-state index contributed by atoms with van der Waals surface area (Å²) in [5.74, 6) is -1.74. The number of aromatic carboxylic acids is 1. The number of halogens is 1. The Balaban J connectivity index is 1.71. The molecule has 1 aliphatic rings. The van der Waals surface area contributed by atoms with Gasteiger partial charge in [-0.15, -0.1) is 0 Å². The van der Waals surface area contributed by atoms with Crippen LogP contribution in [0.2, 0.25) is 0 Å². The number of fused-ring (bicyclic) bond motifs is 1. The third-order valence-corrected chi connectivity index (χ3v) is 3.74. The van der Waals surface area contributed by atoms with Crippen LogP contribution in [-0.4, -0.2) is 11.1 Å². The standard InChI is InChI=1S/C17H15FO3/c18-15-9-14(17(19)20)6-7-16(15)21-10-11-4-5-12-2-1-3-13(12)8-11/h4-9H,1-3,10H2,(H,19,20). The second-order valence-corrected chi connectivity index (χ2v) is 5.20. The van der Waals surface area contributed by atoms with E-state index in [2.05, 4.69) is 12.1 Å². The molecule has 21 heavy (non-hydrogen) atoms. The SMILES string of the molecule is O=C(O)c1ccc(OCc2ccc3c(c2)CCC3)c(F)c1. The number of ether oxygens (including phenoxy) is 1. The highest BCUT2D eigenvalue weighted by Crippen LogP contribution is 2.24. The molecule has 1 N–H and O–H groups in total. The Bertz CT molecular complexity index is 694. The molecule has 3 nitrogen and oxygen atoms in total. The predicted molar refractivity (Wildman–Crippen MR) is 76.2 cm³/mol. The molecule has 0 unspecified atom stereocenters. The second kappa shape index (κ2) is 5.56. The van der Waals surface area contributed by atoms with Gasteiger partial charge in [-0.05, 0) is 54.2 Å². The number of hydrogen-bond donors (Lipinski definition) is 1. The van der Waals surface area contributed by atoms with Crippen molar-refractivity contribution >= 4 is 5.97 Å². The number of benzene rings is 2. The van der Waals surface area contributed by atoms with Crippen LogP contribution in [0.3, 0.4) is 0 Å². The summed E-state index contributed by atoms with van der Waals surface area (Å²) in [6, 6.07) is 9.86. The van der Waals surface area contributed by atoms with E-state index >= 15 is 0 Å². The van der Waals surface area contributed by atoms with E-state index in [0.717, 1.165) is 24.5 Å². The molecule has 0 fully saturated rings. The molecule has 0 heterocycles. The van der Waals surface area contributed by atoms with Gasteiger partial charge in [0.2, 0.25) is 0 Å². The van der Waals surface area contributed by atoms with Crippen LogP contribution in [0.5, 0.6) is 5.75 Å². The van der Waals surface area contributed by atoms with E-state index in [0.29, 0.717) is 0 Å². The molecule has 0 bridgehead atoms. The molecule has 108 valence electrons. The van der Waals surface area contributed by atoms with Gasteiger partial charge in [-0.2, -0.15) is 0 Å². The summed E-state index contributed by atoms with van der Waals surface area (Å²) in [5.41, 5.74) is 3.64. The van der Waals surface area contributed by atoms with Crippen molar-refractivity contribution in [1.82, 2.24) is 0 Å². The van der Waals surface area contributed by atoms with Gasteiger partial charge >= 0.3 is 5.97 Å². The molecule has 0 saturated carbocycles. The van der Waals surface area contributed by atoms with Crippen molar-refractivity contribution in [3.63, 3.8) is 0 Å². The minimum Gasteiger partial charge on any atom is -0.486 e. The Hall–Kier alpha value is -2.36. The summed E-state index contributed by atoms with van der Waals surface area (Å²) in [7, 11) is 0. The zero-order valence-electron chi connectivity index (χ0n) is 11.4. The summed E-state index contributed by atoms with van der Waals surface area (Å²) in [6.07, 6.45) is 3.40. The summed E-state index contributed by atoms with van der Waals surface area (Å²) >= 11 is 0. The molecule has 2 aromatic rings. The molecule has 4 heteroatoms. The third-order valence-electron chi connectivity index (χ3n) is 3.74. The minimum atomic E-state index is -1.15. The lowest BCUT2D eigenvalue weighted by Crippen LogP contribution is -2.01. The van der Waals surface area contributed by atoms with E-state index in [1.54, 1.807) is 0 Å². The fourth-order valence-corrected chi connectivity index (χ4v) is 2.63. The fraction of sp³-hybridized carbons (Fsp3) is 0.235. The van der Waals surface area contributed by atoms with Crippen LogP contribution in [0, 0.1) is 5.82 Å². The zero-order valence-corrected chi connectivity index (χ0v) is 11.4. The highest BCUT2D eigenvalue weighted by Gasteiger charge is 2.12. The molecule has 0 spiro atoms. The molecular weight excluding hydrogens is 271 g/mol. The van der Waals surface area contributed by atoms with E-state index in [1.807, 2.05) is 6.07 Å². The summed E-state index contributed by atoms with van der Waals surface area (Å²) in [4.78, 5) is 10.7. The highest BCUT2D eigenvalue weighted by molar-refractivity contribution is 5.87. The maximum absolute atomic E-state index is 13.7. The van der Waals surface area contributed by atoms with Gasteiger partial charge in [-0.1, -0.05) is 18.2 Å². The topological polar surface area (TPSA) is 46.5 Å². The smallest absolute Gasteiger partial charge is 0.335 e. The average Bonchev–Trinajstić information content (AvgIpc) is 2.93. The Kier molecular flexibility index (Phi) is 3.60. The van der Waals surface area contributed by atoms with Gasteiger partial charge in [0.05, 0.1) is 5.56 Å². The number of rotatable bonds is 4. The van der Waals surface area contributed by atoms with Crippen molar-refractivity contribution < 1.29 is 19.0 Å². The van der Waals surface area contributed by atoms with Crippen molar-refractivity contribution in [2.75, 3.05) is 0 Å². The van der Waals surface area contributed by atoms with Crippen LogP contribution in [0.1, 0.15) is 33.5 Å². The lowest BCUT2D eigenvalue weighted by molar-refractivity contribution is 0.0696. The predicted octanol–water partition coefficient (Wildman–Crippen LogP) is 3.59. The van der Waals surface area contributed by atoms with Crippen molar-refractivity contribution in [3.8, 4) is 5.75 Å². The van der Waals surface area contributed by atoms with Crippen molar-refractivity contribution in [2.45, 2.75) is 25.9 Å². The summed E-state index contributed by atoms with van der Waals surface area (Å²) < 4.78 is 19.2. The Morgan fingerprint density at radius 2 is 1.95 bits per heavy atom. The minimum absolute atomic E-state index is 0.0699. The number of carboxylic acids is 1. The van der Waals surface area contributed by atoms with Gasteiger partial charge in [-0.25, -0.2) is 9.18 Å². The quantitative estimate of drug-likeness (QED) is 0.934. The lowest BCUT2D eigenvalue weighted by Gasteiger charge is -2.09. The van der Waals surface area contributed by atoms with Crippen LogP contribution in [0.25, 0.3) is 0 Å². The first-order chi connectivity index (χ1) is 10.1. The van der Waals surface area contributed by atoms with E-state index in [9.17, 15) is 9.18 Å². The van der Waals surface area contributed by atoms with Gasteiger partial charge in [-0.3, -0.25) is 0 Å². The van der Waals surface area contributed by atoms with Gasteiger partial charge in [0.1, 0.15) is 6.61 Å². The molecule has 0 radical (unpaired) electrons. The fourth-order valence-electron chi connectivity index (χ4n) is 2.63. The van der Waals surface area contributed by atoms with Crippen molar-refractivity contribution in [3.05, 3.63) is 64.5 Å². The van der Waals surface area contributed by atoms with Crippen molar-refractivity contribution in [2.24, 2.45) is 0 Å². The normalized spacial score (nSPS) is 13.0. The highest BCUT2D eigenvalue weighted by atomic mass is 19.1. The van der Waals surface area contributed by atoms with Crippen LogP contribution in [0.4, 0.5) is 4.39 Å². The number of hydrogen-bond acceptors (Lipinski definition) is 2. The molecule has 0 atom stereocenters. The molecule has 0 saturated heterocycles. The second-order valence-electron chi connectivity index (χ2n) is 5.20. The van der Waals surface area contributed by atoms with Crippen LogP contribution in [-0.2, 0) is 19.4 Å². The molecule has 0 amide bonds. The molecule has 3 rings (SSSR count). The summed E-state index contributed by atoms with van der Waals surface area (Å²) in [5, 5.41) is 8.79. The van der Waals surface area contributed by atoms with E-state index in [-0.39, 0.29) is 17.9 Å². The lowest BCUT2D eigenvalue weighted by atomic mass is 10.1. The van der Waals surface area contributed by atoms with Crippen LogP contribution in [0.15, 0.2) is 36.4 Å². The monoisotopic (exact) mass is 286 g/mol.